The summed E-state index contributed by atoms with van der Waals surface area (Å²) in [7, 11) is 0. The molecule has 0 unspecified atom stereocenters. The molecule has 5 nitrogen and oxygen atoms in total. The fourth-order valence-electron chi connectivity index (χ4n) is 3.33. The summed E-state index contributed by atoms with van der Waals surface area (Å²) in [6.07, 6.45) is 1.42. The normalized spacial score (nSPS) is 29.7. The average Bonchev–Trinajstić information content (AvgIpc) is 2.81. The van der Waals surface area contributed by atoms with E-state index in [1.807, 2.05) is 32.9 Å². The maximum Gasteiger partial charge on any atom is 0.410 e. The van der Waals surface area contributed by atoms with E-state index in [4.69, 9.17) is 4.74 Å². The van der Waals surface area contributed by atoms with Gasteiger partial charge in [-0.15, -0.1) is 0 Å². The molecule has 116 valence electrons. The van der Waals surface area contributed by atoms with Crippen molar-refractivity contribution in [1.29, 1.82) is 5.26 Å². The summed E-state index contributed by atoms with van der Waals surface area (Å²) >= 11 is 3.36. The van der Waals surface area contributed by atoms with E-state index in [1.54, 1.807) is 11.1 Å². The van der Waals surface area contributed by atoms with E-state index in [0.29, 0.717) is 13.1 Å². The Balaban J connectivity index is 1.72. The number of aromatic nitrogens is 1. The molecule has 3 rings (SSSR count). The Morgan fingerprint density at radius 2 is 2.09 bits per heavy atom. The van der Waals surface area contributed by atoms with Gasteiger partial charge in [0.1, 0.15) is 11.0 Å². The standard InChI is InChI=1S/C16H18BrN3O2/c1-15(2,3)22-14(21)20-7-11-12(8-20)16(11,9-18)13-5-4-10(17)6-19-13/h4-6,11-12H,7-8H2,1-3H3/t11-,12+,16+. The number of carbonyl (C=O) groups is 1. The van der Waals surface area contributed by atoms with Crippen LogP contribution in [-0.2, 0) is 10.2 Å². The molecule has 1 aromatic heterocycles. The summed E-state index contributed by atoms with van der Waals surface area (Å²) in [6.45, 7) is 6.68. The minimum atomic E-state index is -0.542. The number of rotatable bonds is 1. The zero-order chi connectivity index (χ0) is 16.1. The highest BCUT2D eigenvalue weighted by molar-refractivity contribution is 9.10. The Kier molecular flexibility index (Phi) is 3.44. The Morgan fingerprint density at radius 3 is 2.55 bits per heavy atom. The van der Waals surface area contributed by atoms with Crippen LogP contribution in [0.3, 0.4) is 0 Å². The number of amides is 1. The van der Waals surface area contributed by atoms with Crippen molar-refractivity contribution in [2.45, 2.75) is 31.8 Å². The van der Waals surface area contributed by atoms with E-state index < -0.39 is 11.0 Å². The van der Waals surface area contributed by atoms with Gasteiger partial charge in [-0.2, -0.15) is 5.26 Å². The van der Waals surface area contributed by atoms with E-state index in [2.05, 4.69) is 27.0 Å². The van der Waals surface area contributed by atoms with Crippen molar-refractivity contribution in [2.75, 3.05) is 13.1 Å². The van der Waals surface area contributed by atoms with Gasteiger partial charge in [0.05, 0.1) is 11.8 Å². The zero-order valence-corrected chi connectivity index (χ0v) is 14.4. The SMILES string of the molecule is CC(C)(C)OC(=O)N1C[C@@H]2[C@H](C1)[C@@]2(C#N)c1ccc(Br)cn1. The first kappa shape index (κ1) is 15.3. The summed E-state index contributed by atoms with van der Waals surface area (Å²) in [5.74, 6) is 0.303. The molecule has 0 N–H and O–H groups in total. The number of hydrogen-bond acceptors (Lipinski definition) is 4. The van der Waals surface area contributed by atoms with Gasteiger partial charge >= 0.3 is 6.09 Å². The van der Waals surface area contributed by atoms with Crippen molar-refractivity contribution >= 4 is 22.0 Å². The predicted molar refractivity (Wildman–Crippen MR) is 84.0 cm³/mol. The van der Waals surface area contributed by atoms with Crippen molar-refractivity contribution in [3.05, 3.63) is 28.5 Å². The molecule has 2 aliphatic rings. The smallest absolute Gasteiger partial charge is 0.410 e. The number of pyridine rings is 1. The highest BCUT2D eigenvalue weighted by Crippen LogP contribution is 2.62. The molecule has 1 amide bonds. The number of likely N-dealkylation sites (tertiary alicyclic amines) is 1. The lowest BCUT2D eigenvalue weighted by molar-refractivity contribution is 0.0265. The fraction of sp³-hybridized carbons (Fsp3) is 0.562. The molecule has 6 heteroatoms. The Bertz CT molecular complexity index is 633. The number of fused-ring (bicyclic) bond motifs is 1. The van der Waals surface area contributed by atoms with Crippen LogP contribution in [-0.4, -0.2) is 34.7 Å². The van der Waals surface area contributed by atoms with E-state index in [-0.39, 0.29) is 17.9 Å². The van der Waals surface area contributed by atoms with Crippen molar-refractivity contribution in [2.24, 2.45) is 11.8 Å². The Labute approximate surface area is 138 Å². The fourth-order valence-corrected chi connectivity index (χ4v) is 3.56. The average molecular weight is 364 g/mol. The maximum atomic E-state index is 12.1. The molecule has 1 aliphatic carbocycles. The second-order valence-electron chi connectivity index (χ2n) is 6.94. The van der Waals surface area contributed by atoms with Gasteiger partial charge in [0, 0.05) is 35.6 Å². The number of ether oxygens (including phenoxy) is 1. The van der Waals surface area contributed by atoms with Crippen molar-refractivity contribution in [1.82, 2.24) is 9.88 Å². The lowest BCUT2D eigenvalue weighted by Crippen LogP contribution is -2.39. The van der Waals surface area contributed by atoms with Crippen LogP contribution in [0.5, 0.6) is 0 Å². The number of piperidine rings is 1. The van der Waals surface area contributed by atoms with Gasteiger partial charge in [0.25, 0.3) is 0 Å². The molecule has 3 atom stereocenters. The molecule has 1 saturated carbocycles. The predicted octanol–water partition coefficient (Wildman–Crippen LogP) is 3.10. The molecule has 0 radical (unpaired) electrons. The van der Waals surface area contributed by atoms with Gasteiger partial charge in [-0.25, -0.2) is 4.79 Å². The lowest BCUT2D eigenvalue weighted by atomic mass is 9.96. The topological polar surface area (TPSA) is 66.2 Å². The first-order valence-corrected chi connectivity index (χ1v) is 8.08. The van der Waals surface area contributed by atoms with Gasteiger partial charge in [0.2, 0.25) is 0 Å². The zero-order valence-electron chi connectivity index (χ0n) is 12.8. The van der Waals surface area contributed by atoms with Crippen LogP contribution in [0.4, 0.5) is 4.79 Å². The Morgan fingerprint density at radius 1 is 1.45 bits per heavy atom. The molecule has 0 aromatic carbocycles. The summed E-state index contributed by atoms with van der Waals surface area (Å²) < 4.78 is 6.29. The van der Waals surface area contributed by atoms with Crippen LogP contribution in [0, 0.1) is 23.2 Å². The van der Waals surface area contributed by atoms with Gasteiger partial charge in [-0.1, -0.05) is 0 Å². The first-order chi connectivity index (χ1) is 10.3. The van der Waals surface area contributed by atoms with E-state index in [0.717, 1.165) is 10.2 Å². The molecular formula is C16H18BrN3O2. The van der Waals surface area contributed by atoms with Gasteiger partial charge in [0.15, 0.2) is 0 Å². The first-order valence-electron chi connectivity index (χ1n) is 7.29. The van der Waals surface area contributed by atoms with E-state index >= 15 is 0 Å². The number of carbonyl (C=O) groups excluding carboxylic acids is 1. The summed E-state index contributed by atoms with van der Waals surface area (Å²) in [5, 5.41) is 9.66. The molecule has 2 heterocycles. The quantitative estimate of drug-likeness (QED) is 0.768. The number of nitriles is 1. The third kappa shape index (κ3) is 2.38. The van der Waals surface area contributed by atoms with E-state index in [9.17, 15) is 10.1 Å². The highest BCUT2D eigenvalue weighted by Gasteiger charge is 2.71. The van der Waals surface area contributed by atoms with Gasteiger partial charge < -0.3 is 9.64 Å². The van der Waals surface area contributed by atoms with Crippen molar-refractivity contribution in [3.63, 3.8) is 0 Å². The third-order valence-corrected chi connectivity index (χ3v) is 4.84. The van der Waals surface area contributed by atoms with Gasteiger partial charge in [-0.05, 0) is 48.8 Å². The number of nitrogens with zero attached hydrogens (tertiary/aromatic N) is 3. The van der Waals surface area contributed by atoms with Crippen molar-refractivity contribution < 1.29 is 9.53 Å². The largest absolute Gasteiger partial charge is 0.444 e. The van der Waals surface area contributed by atoms with Crippen LogP contribution in [0.15, 0.2) is 22.8 Å². The van der Waals surface area contributed by atoms with Crippen LogP contribution < -0.4 is 0 Å². The third-order valence-electron chi connectivity index (χ3n) is 4.37. The number of halogens is 1. The monoisotopic (exact) mass is 363 g/mol. The van der Waals surface area contributed by atoms with E-state index in [1.165, 1.54) is 0 Å². The molecule has 22 heavy (non-hydrogen) atoms. The Hall–Kier alpha value is -1.61. The van der Waals surface area contributed by atoms with Crippen LogP contribution in [0.2, 0.25) is 0 Å². The summed E-state index contributed by atoms with van der Waals surface area (Å²) in [4.78, 5) is 18.2. The minimum Gasteiger partial charge on any atom is -0.444 e. The molecule has 0 bridgehead atoms. The summed E-state index contributed by atoms with van der Waals surface area (Å²) in [6, 6.07) is 6.24. The molecule has 1 aliphatic heterocycles. The molecule has 2 fully saturated rings. The van der Waals surface area contributed by atoms with Gasteiger partial charge in [-0.3, -0.25) is 4.98 Å². The number of hydrogen-bond donors (Lipinski definition) is 0. The van der Waals surface area contributed by atoms with Crippen LogP contribution in [0.1, 0.15) is 26.5 Å². The minimum absolute atomic E-state index is 0.152. The summed E-state index contributed by atoms with van der Waals surface area (Å²) in [5.41, 5.74) is -0.236. The molecule has 0 spiro atoms. The molecule has 1 aromatic rings. The van der Waals surface area contributed by atoms with Crippen LogP contribution in [0.25, 0.3) is 0 Å². The van der Waals surface area contributed by atoms with Crippen LogP contribution >= 0.6 is 15.9 Å². The second kappa shape index (κ2) is 4.95. The molecular weight excluding hydrogens is 346 g/mol. The lowest BCUT2D eigenvalue weighted by Gasteiger charge is -2.27. The molecule has 1 saturated heterocycles. The highest BCUT2D eigenvalue weighted by atomic mass is 79.9. The maximum absolute atomic E-state index is 12.1. The second-order valence-corrected chi connectivity index (χ2v) is 7.86. The van der Waals surface area contributed by atoms with Crippen molar-refractivity contribution in [3.8, 4) is 6.07 Å².